The lowest BCUT2D eigenvalue weighted by molar-refractivity contribution is -0.519. The van der Waals surface area contributed by atoms with Crippen LogP contribution in [0.2, 0.25) is 0 Å². The van der Waals surface area contributed by atoms with Gasteiger partial charge in [-0.3, -0.25) is 0 Å². The number of hydrogen-bond acceptors (Lipinski definition) is 1. The summed E-state index contributed by atoms with van der Waals surface area (Å²) in [6, 6.07) is 31.7. The lowest BCUT2D eigenvalue weighted by atomic mass is 10.0. The molecule has 0 bridgehead atoms. The van der Waals surface area contributed by atoms with Gasteiger partial charge < -0.3 is 0 Å². The fourth-order valence-corrected chi connectivity index (χ4v) is 3.77. The van der Waals surface area contributed by atoms with Crippen molar-refractivity contribution in [3.8, 4) is 27.3 Å². The molecule has 1 heterocycles. The molecular formula is C21H16NS+. The molecule has 4 aromatic rings. The molecular weight excluding hydrogens is 298 g/mol. The van der Waals surface area contributed by atoms with E-state index in [-0.39, 0.29) is 0 Å². The van der Waals surface area contributed by atoms with Crippen LogP contribution in [0, 0.1) is 0 Å². The lowest BCUT2D eigenvalue weighted by Gasteiger charge is -1.99. The number of para-hydroxylation sites is 1. The smallest absolute Gasteiger partial charge is 0.101 e. The summed E-state index contributed by atoms with van der Waals surface area (Å²) in [5.41, 5.74) is 4.96. The Morgan fingerprint density at radius 2 is 1.09 bits per heavy atom. The fourth-order valence-electron chi connectivity index (χ4n) is 2.67. The van der Waals surface area contributed by atoms with Crippen LogP contribution in [0.4, 0.5) is 0 Å². The van der Waals surface area contributed by atoms with Gasteiger partial charge in [-0.1, -0.05) is 78.9 Å². The molecule has 3 aromatic carbocycles. The summed E-state index contributed by atoms with van der Waals surface area (Å²) < 4.78 is 2.24. The molecule has 0 radical (unpaired) electrons. The fraction of sp³-hybridized carbons (Fsp3) is 0. The number of aromatic nitrogens is 1. The second-order valence-corrected chi connectivity index (χ2v) is 6.34. The predicted octanol–water partition coefficient (Wildman–Crippen LogP) is 5.36. The first kappa shape index (κ1) is 13.9. The molecule has 23 heavy (non-hydrogen) atoms. The van der Waals surface area contributed by atoms with Gasteiger partial charge in [0.05, 0.1) is 5.56 Å². The van der Waals surface area contributed by atoms with Crippen LogP contribution in [0.3, 0.4) is 0 Å². The summed E-state index contributed by atoms with van der Waals surface area (Å²) in [4.78, 5) is 1.29. The molecule has 0 spiro atoms. The van der Waals surface area contributed by atoms with Crippen LogP contribution < -0.4 is 3.96 Å². The van der Waals surface area contributed by atoms with Crippen molar-refractivity contribution in [3.63, 3.8) is 0 Å². The molecule has 110 valence electrons. The zero-order valence-electron chi connectivity index (χ0n) is 12.6. The van der Waals surface area contributed by atoms with E-state index in [4.69, 9.17) is 0 Å². The van der Waals surface area contributed by atoms with Crippen molar-refractivity contribution in [1.29, 1.82) is 0 Å². The van der Waals surface area contributed by atoms with Gasteiger partial charge in [-0.05, 0) is 11.1 Å². The molecule has 0 unspecified atom stereocenters. The highest BCUT2D eigenvalue weighted by Gasteiger charge is 2.20. The second kappa shape index (κ2) is 6.19. The SMILES string of the molecule is c1ccc(-c2c[n+](-c3ccccc3)sc2-c2ccccc2)cc1. The predicted molar refractivity (Wildman–Crippen MR) is 96.7 cm³/mol. The maximum Gasteiger partial charge on any atom is 0.224 e. The van der Waals surface area contributed by atoms with Crippen molar-refractivity contribution in [2.24, 2.45) is 0 Å². The summed E-state index contributed by atoms with van der Waals surface area (Å²) in [5, 5.41) is 0. The molecule has 0 N–H and O–H groups in total. The first-order chi connectivity index (χ1) is 11.4. The van der Waals surface area contributed by atoms with Crippen molar-refractivity contribution >= 4 is 11.5 Å². The molecule has 4 rings (SSSR count). The van der Waals surface area contributed by atoms with Crippen LogP contribution in [0.5, 0.6) is 0 Å². The standard InChI is InChI=1S/C21H16NS/c1-4-10-17(11-5-1)20-16-22(19-14-8-3-9-15-19)23-21(20)18-12-6-2-7-13-18/h1-16H/q+1. The van der Waals surface area contributed by atoms with Crippen molar-refractivity contribution < 1.29 is 3.96 Å². The van der Waals surface area contributed by atoms with Gasteiger partial charge in [0.25, 0.3) is 0 Å². The van der Waals surface area contributed by atoms with E-state index >= 15 is 0 Å². The van der Waals surface area contributed by atoms with E-state index in [0.29, 0.717) is 0 Å². The molecule has 0 fully saturated rings. The molecule has 0 amide bonds. The summed E-state index contributed by atoms with van der Waals surface area (Å²) in [7, 11) is 0. The molecule has 1 aromatic heterocycles. The van der Waals surface area contributed by atoms with Crippen molar-refractivity contribution in [1.82, 2.24) is 0 Å². The van der Waals surface area contributed by atoms with Gasteiger partial charge in [-0.2, -0.15) is 0 Å². The maximum atomic E-state index is 2.24. The summed E-state index contributed by atoms with van der Waals surface area (Å²) in [6.07, 6.45) is 2.23. The second-order valence-electron chi connectivity index (χ2n) is 5.36. The summed E-state index contributed by atoms with van der Waals surface area (Å²) >= 11 is 1.78. The highest BCUT2D eigenvalue weighted by molar-refractivity contribution is 7.06. The molecule has 0 saturated heterocycles. The van der Waals surface area contributed by atoms with Gasteiger partial charge in [0, 0.05) is 12.1 Å². The molecule has 0 aliphatic rings. The minimum Gasteiger partial charge on any atom is -0.101 e. The molecule has 0 aliphatic carbocycles. The van der Waals surface area contributed by atoms with E-state index in [0.717, 1.165) is 0 Å². The largest absolute Gasteiger partial charge is 0.224 e. The number of benzene rings is 3. The van der Waals surface area contributed by atoms with Gasteiger partial charge in [0.2, 0.25) is 5.69 Å². The Morgan fingerprint density at radius 3 is 1.70 bits per heavy atom. The molecule has 0 saturated carbocycles. The van der Waals surface area contributed by atoms with E-state index in [1.54, 1.807) is 11.5 Å². The van der Waals surface area contributed by atoms with Crippen molar-refractivity contribution in [2.45, 2.75) is 0 Å². The molecule has 2 heteroatoms. The number of rotatable bonds is 3. The highest BCUT2D eigenvalue weighted by atomic mass is 32.1. The Bertz CT molecular complexity index is 840. The maximum absolute atomic E-state index is 2.24. The zero-order valence-corrected chi connectivity index (χ0v) is 13.4. The van der Waals surface area contributed by atoms with Crippen LogP contribution in [0.25, 0.3) is 27.3 Å². The third kappa shape index (κ3) is 2.81. The van der Waals surface area contributed by atoms with Gasteiger partial charge in [-0.25, -0.2) is 0 Å². The van der Waals surface area contributed by atoms with Crippen molar-refractivity contribution in [2.75, 3.05) is 0 Å². The van der Waals surface area contributed by atoms with Crippen LogP contribution in [0.1, 0.15) is 0 Å². The average Bonchev–Trinajstić information content (AvgIpc) is 3.09. The Labute approximate surface area is 140 Å². The third-order valence-electron chi connectivity index (χ3n) is 3.81. The van der Waals surface area contributed by atoms with Crippen LogP contribution >= 0.6 is 11.5 Å². The quantitative estimate of drug-likeness (QED) is 0.448. The van der Waals surface area contributed by atoms with Gasteiger partial charge in [-0.15, -0.1) is 3.96 Å². The Hall–Kier alpha value is -2.71. The Kier molecular flexibility index (Phi) is 3.75. The highest BCUT2D eigenvalue weighted by Crippen LogP contribution is 2.34. The number of hydrogen-bond donors (Lipinski definition) is 0. The Balaban J connectivity index is 1.91. The van der Waals surface area contributed by atoms with E-state index in [1.807, 2.05) is 6.07 Å². The first-order valence-electron chi connectivity index (χ1n) is 7.64. The van der Waals surface area contributed by atoms with Crippen molar-refractivity contribution in [3.05, 3.63) is 97.2 Å². The zero-order chi connectivity index (χ0) is 15.5. The monoisotopic (exact) mass is 314 g/mol. The summed E-state index contributed by atoms with van der Waals surface area (Å²) in [6.45, 7) is 0. The summed E-state index contributed by atoms with van der Waals surface area (Å²) in [5.74, 6) is 0. The van der Waals surface area contributed by atoms with E-state index in [9.17, 15) is 0 Å². The molecule has 1 nitrogen and oxygen atoms in total. The van der Waals surface area contributed by atoms with E-state index in [2.05, 4.69) is 95.1 Å². The van der Waals surface area contributed by atoms with E-state index in [1.165, 1.54) is 27.3 Å². The van der Waals surface area contributed by atoms with Crippen LogP contribution in [-0.2, 0) is 0 Å². The average molecular weight is 314 g/mol. The lowest BCUT2D eigenvalue weighted by Crippen LogP contribution is -2.23. The van der Waals surface area contributed by atoms with Gasteiger partial charge in [0.1, 0.15) is 16.4 Å². The van der Waals surface area contributed by atoms with Crippen LogP contribution in [0.15, 0.2) is 97.2 Å². The van der Waals surface area contributed by atoms with Gasteiger partial charge >= 0.3 is 0 Å². The van der Waals surface area contributed by atoms with Gasteiger partial charge in [0.15, 0.2) is 6.20 Å². The minimum absolute atomic E-state index is 1.19. The molecule has 0 atom stereocenters. The number of nitrogens with zero attached hydrogens (tertiary/aromatic N) is 1. The Morgan fingerprint density at radius 1 is 0.565 bits per heavy atom. The topological polar surface area (TPSA) is 3.88 Å². The normalized spacial score (nSPS) is 10.6. The molecule has 0 aliphatic heterocycles. The van der Waals surface area contributed by atoms with E-state index < -0.39 is 0 Å². The minimum atomic E-state index is 1.19. The third-order valence-corrected chi connectivity index (χ3v) is 4.96. The first-order valence-corrected chi connectivity index (χ1v) is 8.41. The van der Waals surface area contributed by atoms with Crippen LogP contribution in [-0.4, -0.2) is 0 Å².